The number of nitrogens with one attached hydrogen (secondary N) is 1. The number of hydrogen-bond acceptors (Lipinski definition) is 2. The molecule has 0 bridgehead atoms. The number of hydrogen-bond donors (Lipinski definition) is 1. The standard InChI is InChI=1S/C14H18N2O2/c1-11-6-8-12(9-7-11)15-14(18)16-10-4-2-3-5-13(16)17/h6-9H,2-5,10H2,1H3,(H,15,18). The molecule has 18 heavy (non-hydrogen) atoms. The van der Waals surface area contributed by atoms with Gasteiger partial charge in [0.15, 0.2) is 0 Å². The molecule has 0 aliphatic carbocycles. The fraction of sp³-hybridized carbons (Fsp3) is 0.429. The molecule has 1 aliphatic heterocycles. The predicted molar refractivity (Wildman–Crippen MR) is 70.4 cm³/mol. The lowest BCUT2D eigenvalue weighted by Crippen LogP contribution is -2.39. The zero-order valence-electron chi connectivity index (χ0n) is 10.6. The smallest absolute Gasteiger partial charge is 0.307 e. The van der Waals surface area contributed by atoms with E-state index in [-0.39, 0.29) is 11.9 Å². The van der Waals surface area contributed by atoms with Crippen molar-refractivity contribution in [2.45, 2.75) is 32.6 Å². The average Bonchev–Trinajstić information content (AvgIpc) is 2.57. The zero-order chi connectivity index (χ0) is 13.0. The third kappa shape index (κ3) is 3.09. The maximum Gasteiger partial charge on any atom is 0.328 e. The molecule has 0 aromatic heterocycles. The van der Waals surface area contributed by atoms with E-state index in [1.807, 2.05) is 31.2 Å². The van der Waals surface area contributed by atoms with E-state index in [4.69, 9.17) is 0 Å². The Balaban J connectivity index is 2.02. The Hall–Kier alpha value is -1.84. The van der Waals surface area contributed by atoms with Gasteiger partial charge < -0.3 is 5.32 Å². The minimum Gasteiger partial charge on any atom is -0.307 e. The number of imide groups is 1. The van der Waals surface area contributed by atoms with E-state index in [0.29, 0.717) is 13.0 Å². The van der Waals surface area contributed by atoms with Crippen LogP contribution in [0.5, 0.6) is 0 Å². The predicted octanol–water partition coefficient (Wildman–Crippen LogP) is 2.93. The molecule has 0 atom stereocenters. The average molecular weight is 246 g/mol. The van der Waals surface area contributed by atoms with Crippen LogP contribution < -0.4 is 5.32 Å². The Bertz CT molecular complexity index is 440. The fourth-order valence-electron chi connectivity index (χ4n) is 2.03. The number of nitrogens with zero attached hydrogens (tertiary/aromatic N) is 1. The molecule has 1 fully saturated rings. The van der Waals surface area contributed by atoms with Crippen molar-refractivity contribution in [2.24, 2.45) is 0 Å². The second-order valence-electron chi connectivity index (χ2n) is 4.65. The Kier molecular flexibility index (Phi) is 3.97. The normalized spacial score (nSPS) is 16.3. The zero-order valence-corrected chi connectivity index (χ0v) is 10.6. The molecule has 0 radical (unpaired) electrons. The van der Waals surface area contributed by atoms with Gasteiger partial charge in [-0.15, -0.1) is 0 Å². The minimum absolute atomic E-state index is 0.0721. The molecule has 1 N–H and O–H groups in total. The first kappa shape index (κ1) is 12.6. The molecule has 1 aromatic carbocycles. The van der Waals surface area contributed by atoms with E-state index in [9.17, 15) is 9.59 Å². The summed E-state index contributed by atoms with van der Waals surface area (Å²) >= 11 is 0. The molecular weight excluding hydrogens is 228 g/mol. The summed E-state index contributed by atoms with van der Waals surface area (Å²) in [6, 6.07) is 7.23. The summed E-state index contributed by atoms with van der Waals surface area (Å²) in [5.41, 5.74) is 1.86. The number of amides is 3. The first-order valence-electron chi connectivity index (χ1n) is 6.35. The van der Waals surface area contributed by atoms with Gasteiger partial charge in [0.2, 0.25) is 5.91 Å². The van der Waals surface area contributed by atoms with Crippen LogP contribution in [0.1, 0.15) is 31.2 Å². The molecular formula is C14H18N2O2. The Morgan fingerprint density at radius 1 is 1.17 bits per heavy atom. The second kappa shape index (κ2) is 5.67. The number of rotatable bonds is 1. The quantitative estimate of drug-likeness (QED) is 0.828. The van der Waals surface area contributed by atoms with Crippen LogP contribution in [0.25, 0.3) is 0 Å². The van der Waals surface area contributed by atoms with Crippen molar-refractivity contribution >= 4 is 17.6 Å². The SMILES string of the molecule is Cc1ccc(NC(=O)N2CCCCCC2=O)cc1. The van der Waals surface area contributed by atoms with Gasteiger partial charge in [0.05, 0.1) is 0 Å². The molecule has 4 heteroatoms. The van der Waals surface area contributed by atoms with E-state index >= 15 is 0 Å². The molecule has 3 amide bonds. The van der Waals surface area contributed by atoms with Crippen LogP contribution in [0.15, 0.2) is 24.3 Å². The van der Waals surface area contributed by atoms with Crippen molar-refractivity contribution in [2.75, 3.05) is 11.9 Å². The third-order valence-corrected chi connectivity index (χ3v) is 3.12. The Labute approximate surface area is 107 Å². The topological polar surface area (TPSA) is 49.4 Å². The van der Waals surface area contributed by atoms with Gasteiger partial charge in [0.25, 0.3) is 0 Å². The number of carbonyl (C=O) groups excluding carboxylic acids is 2. The fourth-order valence-corrected chi connectivity index (χ4v) is 2.03. The monoisotopic (exact) mass is 246 g/mol. The van der Waals surface area contributed by atoms with Crippen molar-refractivity contribution in [1.29, 1.82) is 0 Å². The van der Waals surface area contributed by atoms with Crippen LogP contribution in [0.2, 0.25) is 0 Å². The number of carbonyl (C=O) groups is 2. The molecule has 1 heterocycles. The highest BCUT2D eigenvalue weighted by Crippen LogP contribution is 2.14. The highest BCUT2D eigenvalue weighted by Gasteiger charge is 2.22. The van der Waals surface area contributed by atoms with Gasteiger partial charge in [-0.3, -0.25) is 9.69 Å². The Morgan fingerprint density at radius 2 is 1.89 bits per heavy atom. The van der Waals surface area contributed by atoms with Gasteiger partial charge >= 0.3 is 6.03 Å². The van der Waals surface area contributed by atoms with Gasteiger partial charge in [-0.2, -0.15) is 0 Å². The Morgan fingerprint density at radius 3 is 2.61 bits per heavy atom. The van der Waals surface area contributed by atoms with Crippen molar-refractivity contribution in [3.8, 4) is 0 Å². The summed E-state index contributed by atoms with van der Waals surface area (Å²) in [4.78, 5) is 25.1. The third-order valence-electron chi connectivity index (χ3n) is 3.12. The van der Waals surface area contributed by atoms with Crippen LogP contribution in [0.4, 0.5) is 10.5 Å². The number of likely N-dealkylation sites (tertiary alicyclic amines) is 1. The van der Waals surface area contributed by atoms with Crippen LogP contribution in [-0.2, 0) is 4.79 Å². The first-order valence-corrected chi connectivity index (χ1v) is 6.35. The number of anilines is 1. The maximum absolute atomic E-state index is 12.0. The highest BCUT2D eigenvalue weighted by atomic mass is 16.2. The van der Waals surface area contributed by atoms with E-state index in [2.05, 4.69) is 5.32 Å². The maximum atomic E-state index is 12.0. The van der Waals surface area contributed by atoms with Crippen molar-refractivity contribution in [3.05, 3.63) is 29.8 Å². The summed E-state index contributed by atoms with van der Waals surface area (Å²) in [7, 11) is 0. The molecule has 2 rings (SSSR count). The van der Waals surface area contributed by atoms with Gasteiger partial charge in [-0.05, 0) is 31.9 Å². The molecule has 0 saturated carbocycles. The summed E-state index contributed by atoms with van der Waals surface area (Å²) in [6.07, 6.45) is 3.27. The van der Waals surface area contributed by atoms with Gasteiger partial charge in [-0.1, -0.05) is 24.1 Å². The van der Waals surface area contributed by atoms with Gasteiger partial charge in [0.1, 0.15) is 0 Å². The lowest BCUT2D eigenvalue weighted by molar-refractivity contribution is -0.127. The van der Waals surface area contributed by atoms with Crippen LogP contribution in [-0.4, -0.2) is 23.4 Å². The first-order chi connectivity index (χ1) is 8.66. The lowest BCUT2D eigenvalue weighted by Gasteiger charge is -2.19. The number of benzene rings is 1. The largest absolute Gasteiger partial charge is 0.328 e. The molecule has 4 nitrogen and oxygen atoms in total. The second-order valence-corrected chi connectivity index (χ2v) is 4.65. The van der Waals surface area contributed by atoms with Crippen molar-refractivity contribution < 1.29 is 9.59 Å². The molecule has 1 aliphatic rings. The van der Waals surface area contributed by atoms with Crippen LogP contribution >= 0.6 is 0 Å². The molecule has 0 unspecified atom stereocenters. The number of aryl methyl sites for hydroxylation is 1. The van der Waals surface area contributed by atoms with Crippen molar-refractivity contribution in [1.82, 2.24) is 4.90 Å². The van der Waals surface area contributed by atoms with E-state index in [1.54, 1.807) is 0 Å². The summed E-state index contributed by atoms with van der Waals surface area (Å²) in [6.45, 7) is 2.51. The molecule has 0 spiro atoms. The minimum atomic E-state index is -0.314. The van der Waals surface area contributed by atoms with E-state index in [1.165, 1.54) is 4.90 Å². The van der Waals surface area contributed by atoms with Crippen molar-refractivity contribution in [3.63, 3.8) is 0 Å². The summed E-state index contributed by atoms with van der Waals surface area (Å²) in [5.74, 6) is -0.0721. The summed E-state index contributed by atoms with van der Waals surface area (Å²) in [5, 5.41) is 2.76. The summed E-state index contributed by atoms with van der Waals surface area (Å²) < 4.78 is 0. The number of urea groups is 1. The molecule has 1 aromatic rings. The van der Waals surface area contributed by atoms with Crippen LogP contribution in [0, 0.1) is 6.92 Å². The van der Waals surface area contributed by atoms with E-state index < -0.39 is 0 Å². The highest BCUT2D eigenvalue weighted by molar-refractivity contribution is 6.01. The van der Waals surface area contributed by atoms with Gasteiger partial charge in [0, 0.05) is 18.7 Å². The van der Waals surface area contributed by atoms with E-state index in [0.717, 1.165) is 30.5 Å². The lowest BCUT2D eigenvalue weighted by atomic mass is 10.2. The van der Waals surface area contributed by atoms with Gasteiger partial charge in [-0.25, -0.2) is 4.79 Å². The molecule has 96 valence electrons. The molecule has 1 saturated heterocycles. The van der Waals surface area contributed by atoms with Crippen LogP contribution in [0.3, 0.4) is 0 Å².